The van der Waals surface area contributed by atoms with Gasteiger partial charge in [0.05, 0.1) is 18.1 Å². The van der Waals surface area contributed by atoms with Crippen molar-refractivity contribution in [1.29, 1.82) is 0 Å². The van der Waals surface area contributed by atoms with E-state index in [1.807, 2.05) is 28.9 Å². The van der Waals surface area contributed by atoms with Gasteiger partial charge < -0.3 is 14.5 Å². The van der Waals surface area contributed by atoms with E-state index in [4.69, 9.17) is 4.74 Å². The Morgan fingerprint density at radius 1 is 1.21 bits per heavy atom. The third kappa shape index (κ3) is 4.36. The number of morpholine rings is 1. The zero-order chi connectivity index (χ0) is 16.9. The molecule has 2 aliphatic rings. The maximum atomic E-state index is 12.6. The van der Waals surface area contributed by atoms with Crippen LogP contribution in [0.1, 0.15) is 40.2 Å². The molecule has 0 aliphatic carbocycles. The Morgan fingerprint density at radius 2 is 2.00 bits per heavy atom. The fourth-order valence-electron chi connectivity index (χ4n) is 3.49. The summed E-state index contributed by atoms with van der Waals surface area (Å²) in [5, 5.41) is 0. The van der Waals surface area contributed by atoms with E-state index in [1.165, 1.54) is 4.88 Å². The van der Waals surface area contributed by atoms with Gasteiger partial charge in [-0.15, -0.1) is 11.3 Å². The highest BCUT2D eigenvalue weighted by Crippen LogP contribution is 2.25. The van der Waals surface area contributed by atoms with Crippen LogP contribution in [-0.2, 0) is 9.53 Å². The number of amides is 2. The molecule has 0 spiro atoms. The molecule has 0 radical (unpaired) electrons. The van der Waals surface area contributed by atoms with Gasteiger partial charge in [0.1, 0.15) is 0 Å². The van der Waals surface area contributed by atoms with Crippen LogP contribution in [0, 0.1) is 12.8 Å². The molecule has 1 aromatic heterocycles. The number of carbonyl (C=O) groups excluding carboxylic acids is 2. The zero-order valence-electron chi connectivity index (χ0n) is 14.3. The number of hydrogen-bond acceptors (Lipinski definition) is 4. The number of ether oxygens (including phenoxy) is 1. The number of nitrogens with zero attached hydrogens (tertiary/aromatic N) is 2. The van der Waals surface area contributed by atoms with Crippen molar-refractivity contribution in [3.63, 3.8) is 0 Å². The Labute approximate surface area is 147 Å². The highest BCUT2D eigenvalue weighted by molar-refractivity contribution is 7.13. The Balaban J connectivity index is 1.48. The topological polar surface area (TPSA) is 49.9 Å². The van der Waals surface area contributed by atoms with E-state index >= 15 is 0 Å². The van der Waals surface area contributed by atoms with Crippen LogP contribution in [0.2, 0.25) is 0 Å². The normalized spacial score (nSPS) is 21.8. The minimum absolute atomic E-state index is 0.150. The molecule has 1 atom stereocenters. The lowest BCUT2D eigenvalue weighted by Crippen LogP contribution is -2.42. The van der Waals surface area contributed by atoms with Crippen LogP contribution in [0.15, 0.2) is 12.1 Å². The van der Waals surface area contributed by atoms with Crippen LogP contribution in [0.4, 0.5) is 0 Å². The van der Waals surface area contributed by atoms with Crippen molar-refractivity contribution in [2.24, 2.45) is 5.92 Å². The highest BCUT2D eigenvalue weighted by Gasteiger charge is 2.26. The molecule has 2 fully saturated rings. The molecule has 3 rings (SSSR count). The van der Waals surface area contributed by atoms with Gasteiger partial charge in [0.2, 0.25) is 5.91 Å². The van der Waals surface area contributed by atoms with Crippen molar-refractivity contribution in [2.45, 2.75) is 32.6 Å². The van der Waals surface area contributed by atoms with E-state index in [-0.39, 0.29) is 11.8 Å². The summed E-state index contributed by atoms with van der Waals surface area (Å²) in [4.78, 5) is 30.7. The average Bonchev–Trinajstić information content (AvgIpc) is 3.06. The van der Waals surface area contributed by atoms with E-state index in [0.717, 1.165) is 37.2 Å². The second kappa shape index (κ2) is 8.12. The molecule has 0 bridgehead atoms. The van der Waals surface area contributed by atoms with Gasteiger partial charge in [-0.05, 0) is 44.2 Å². The second-order valence-electron chi connectivity index (χ2n) is 6.70. The van der Waals surface area contributed by atoms with Gasteiger partial charge in [0.15, 0.2) is 0 Å². The minimum atomic E-state index is 0.150. The molecule has 0 N–H and O–H groups in total. The molecule has 132 valence electrons. The molecular weight excluding hydrogens is 324 g/mol. The number of likely N-dealkylation sites (tertiary alicyclic amines) is 1. The summed E-state index contributed by atoms with van der Waals surface area (Å²) in [5.74, 6) is 0.821. The van der Waals surface area contributed by atoms with Crippen molar-refractivity contribution in [1.82, 2.24) is 9.80 Å². The summed E-state index contributed by atoms with van der Waals surface area (Å²) < 4.78 is 5.29. The number of carbonyl (C=O) groups is 2. The van der Waals surface area contributed by atoms with Gasteiger partial charge in [0, 0.05) is 37.5 Å². The first kappa shape index (κ1) is 17.4. The third-order valence-corrected chi connectivity index (χ3v) is 5.88. The van der Waals surface area contributed by atoms with Crippen molar-refractivity contribution in [3.05, 3.63) is 21.9 Å². The van der Waals surface area contributed by atoms with E-state index in [2.05, 4.69) is 0 Å². The average molecular weight is 350 g/mol. The SMILES string of the molecule is Cc1ccc(C(=O)N2CCCC(CCC(=O)N3CCOCC3)C2)s1. The number of thiophene rings is 1. The maximum Gasteiger partial charge on any atom is 0.263 e. The van der Waals surface area contributed by atoms with Crippen LogP contribution >= 0.6 is 11.3 Å². The van der Waals surface area contributed by atoms with E-state index in [0.29, 0.717) is 38.6 Å². The minimum Gasteiger partial charge on any atom is -0.378 e. The van der Waals surface area contributed by atoms with Gasteiger partial charge in [-0.2, -0.15) is 0 Å². The molecule has 3 heterocycles. The first-order valence-electron chi connectivity index (χ1n) is 8.84. The summed E-state index contributed by atoms with van der Waals surface area (Å²) >= 11 is 1.56. The fraction of sp³-hybridized carbons (Fsp3) is 0.667. The molecule has 5 nitrogen and oxygen atoms in total. The Bertz CT molecular complexity index is 581. The number of aryl methyl sites for hydroxylation is 1. The number of piperidine rings is 1. The molecule has 0 aromatic carbocycles. The Morgan fingerprint density at radius 3 is 2.71 bits per heavy atom. The van der Waals surface area contributed by atoms with Crippen molar-refractivity contribution in [3.8, 4) is 0 Å². The fourth-order valence-corrected chi connectivity index (χ4v) is 4.32. The summed E-state index contributed by atoms with van der Waals surface area (Å²) in [6.45, 7) is 6.38. The van der Waals surface area contributed by atoms with Crippen LogP contribution in [-0.4, -0.2) is 61.0 Å². The summed E-state index contributed by atoms with van der Waals surface area (Å²) in [7, 11) is 0. The molecule has 1 unspecified atom stereocenters. The molecule has 24 heavy (non-hydrogen) atoms. The molecule has 1 aromatic rings. The first-order chi connectivity index (χ1) is 11.6. The van der Waals surface area contributed by atoms with Gasteiger partial charge in [0.25, 0.3) is 5.91 Å². The zero-order valence-corrected chi connectivity index (χ0v) is 15.1. The predicted molar refractivity (Wildman–Crippen MR) is 94.3 cm³/mol. The van der Waals surface area contributed by atoms with Crippen LogP contribution in [0.3, 0.4) is 0 Å². The smallest absolute Gasteiger partial charge is 0.263 e. The molecule has 0 saturated carbocycles. The van der Waals surface area contributed by atoms with E-state index in [9.17, 15) is 9.59 Å². The van der Waals surface area contributed by atoms with Crippen molar-refractivity contribution in [2.75, 3.05) is 39.4 Å². The highest BCUT2D eigenvalue weighted by atomic mass is 32.1. The summed E-state index contributed by atoms with van der Waals surface area (Å²) in [5.41, 5.74) is 0. The van der Waals surface area contributed by atoms with Gasteiger partial charge >= 0.3 is 0 Å². The standard InChI is InChI=1S/C18H26N2O3S/c1-14-4-6-16(24-14)18(22)20-8-2-3-15(13-20)5-7-17(21)19-9-11-23-12-10-19/h4,6,15H,2-3,5,7-13H2,1H3. The Hall–Kier alpha value is -1.40. The number of hydrogen-bond donors (Lipinski definition) is 0. The van der Waals surface area contributed by atoms with E-state index < -0.39 is 0 Å². The monoisotopic (exact) mass is 350 g/mol. The lowest BCUT2D eigenvalue weighted by Gasteiger charge is -2.33. The lowest BCUT2D eigenvalue weighted by atomic mass is 9.93. The molecular formula is C18H26N2O3S. The van der Waals surface area contributed by atoms with Crippen LogP contribution < -0.4 is 0 Å². The van der Waals surface area contributed by atoms with E-state index in [1.54, 1.807) is 11.3 Å². The molecule has 2 saturated heterocycles. The summed E-state index contributed by atoms with van der Waals surface area (Å²) in [6.07, 6.45) is 3.62. The first-order valence-corrected chi connectivity index (χ1v) is 9.66. The second-order valence-corrected chi connectivity index (χ2v) is 7.99. The maximum absolute atomic E-state index is 12.6. The van der Waals surface area contributed by atoms with Gasteiger partial charge in [-0.25, -0.2) is 0 Å². The molecule has 6 heteroatoms. The number of rotatable bonds is 4. The van der Waals surface area contributed by atoms with Crippen LogP contribution in [0.5, 0.6) is 0 Å². The Kier molecular flexibility index (Phi) is 5.89. The quantitative estimate of drug-likeness (QED) is 0.838. The van der Waals surface area contributed by atoms with Crippen molar-refractivity contribution >= 4 is 23.2 Å². The molecule has 2 amide bonds. The van der Waals surface area contributed by atoms with Gasteiger partial charge in [-0.3, -0.25) is 9.59 Å². The lowest BCUT2D eigenvalue weighted by molar-refractivity contribution is -0.135. The third-order valence-electron chi connectivity index (χ3n) is 4.89. The van der Waals surface area contributed by atoms with Gasteiger partial charge in [-0.1, -0.05) is 0 Å². The largest absolute Gasteiger partial charge is 0.378 e. The predicted octanol–water partition coefficient (Wildman–Crippen LogP) is 2.55. The molecule has 2 aliphatic heterocycles. The van der Waals surface area contributed by atoms with Crippen LogP contribution in [0.25, 0.3) is 0 Å². The summed E-state index contributed by atoms with van der Waals surface area (Å²) in [6, 6.07) is 3.92. The van der Waals surface area contributed by atoms with Crippen molar-refractivity contribution < 1.29 is 14.3 Å².